The fraction of sp³-hybridized carbons (Fsp3) is 0.273. The third kappa shape index (κ3) is 1.81. The van der Waals surface area contributed by atoms with E-state index in [4.69, 9.17) is 16.7 Å². The molecule has 0 bridgehead atoms. The van der Waals surface area contributed by atoms with E-state index in [2.05, 4.69) is 10.1 Å². The van der Waals surface area contributed by atoms with Gasteiger partial charge in [0, 0.05) is 18.8 Å². The average Bonchev–Trinajstić information content (AvgIpc) is 2.53. The molecular formula is C11H12ClN3O. The van der Waals surface area contributed by atoms with Gasteiger partial charge >= 0.3 is 0 Å². The molecule has 0 amide bonds. The number of aryl methyl sites for hydroxylation is 2. The smallest absolute Gasteiger partial charge is 0.0894 e. The molecule has 0 atom stereocenters. The molecule has 2 aromatic rings. The highest BCUT2D eigenvalue weighted by molar-refractivity contribution is 6.33. The van der Waals surface area contributed by atoms with Crippen molar-refractivity contribution in [2.45, 2.75) is 13.5 Å². The number of pyridine rings is 1. The first-order valence-electron chi connectivity index (χ1n) is 4.88. The minimum Gasteiger partial charge on any atom is -0.390 e. The highest BCUT2D eigenvalue weighted by Gasteiger charge is 2.13. The lowest BCUT2D eigenvalue weighted by Crippen LogP contribution is -1.96. The van der Waals surface area contributed by atoms with Crippen molar-refractivity contribution >= 4 is 11.6 Å². The number of hydrogen-bond donors (Lipinski definition) is 1. The molecule has 5 heteroatoms. The van der Waals surface area contributed by atoms with Crippen molar-refractivity contribution < 1.29 is 5.11 Å². The quantitative estimate of drug-likeness (QED) is 0.869. The summed E-state index contributed by atoms with van der Waals surface area (Å²) in [5.74, 6) is 0. The van der Waals surface area contributed by atoms with E-state index in [1.165, 1.54) is 0 Å². The van der Waals surface area contributed by atoms with Crippen molar-refractivity contribution in [1.29, 1.82) is 0 Å². The van der Waals surface area contributed by atoms with Crippen molar-refractivity contribution in [2.24, 2.45) is 7.05 Å². The van der Waals surface area contributed by atoms with E-state index in [0.29, 0.717) is 10.7 Å². The summed E-state index contributed by atoms with van der Waals surface area (Å²) in [7, 11) is 1.84. The summed E-state index contributed by atoms with van der Waals surface area (Å²) in [6, 6.07) is 3.66. The highest BCUT2D eigenvalue weighted by Crippen LogP contribution is 2.29. The van der Waals surface area contributed by atoms with Crippen LogP contribution in [0.1, 0.15) is 11.4 Å². The van der Waals surface area contributed by atoms with Crippen molar-refractivity contribution in [3.63, 3.8) is 0 Å². The number of aliphatic hydroxyl groups excluding tert-OH is 1. The Morgan fingerprint density at radius 1 is 1.50 bits per heavy atom. The van der Waals surface area contributed by atoms with E-state index in [1.807, 2.05) is 26.1 Å². The predicted molar refractivity (Wildman–Crippen MR) is 62.1 cm³/mol. The largest absolute Gasteiger partial charge is 0.390 e. The Morgan fingerprint density at radius 2 is 2.25 bits per heavy atom. The van der Waals surface area contributed by atoms with Gasteiger partial charge in [-0.2, -0.15) is 5.10 Å². The maximum atomic E-state index is 9.03. The summed E-state index contributed by atoms with van der Waals surface area (Å²) in [6.07, 6.45) is 1.65. The zero-order valence-corrected chi connectivity index (χ0v) is 9.86. The van der Waals surface area contributed by atoms with E-state index in [-0.39, 0.29) is 6.61 Å². The molecule has 0 aliphatic heterocycles. The molecule has 0 saturated heterocycles. The van der Waals surface area contributed by atoms with Crippen LogP contribution in [0, 0.1) is 6.92 Å². The first kappa shape index (κ1) is 11.1. The van der Waals surface area contributed by atoms with Crippen molar-refractivity contribution in [3.8, 4) is 11.3 Å². The van der Waals surface area contributed by atoms with Crippen LogP contribution in [0.3, 0.4) is 0 Å². The zero-order valence-electron chi connectivity index (χ0n) is 9.11. The van der Waals surface area contributed by atoms with Crippen LogP contribution >= 0.6 is 11.6 Å². The summed E-state index contributed by atoms with van der Waals surface area (Å²) in [5, 5.41) is 13.9. The van der Waals surface area contributed by atoms with Gasteiger partial charge < -0.3 is 5.11 Å². The van der Waals surface area contributed by atoms with E-state index in [0.717, 1.165) is 17.0 Å². The monoisotopic (exact) mass is 237 g/mol. The van der Waals surface area contributed by atoms with Crippen molar-refractivity contribution in [3.05, 3.63) is 34.7 Å². The summed E-state index contributed by atoms with van der Waals surface area (Å²) in [6.45, 7) is 1.78. The molecule has 0 saturated carbocycles. The van der Waals surface area contributed by atoms with E-state index in [9.17, 15) is 0 Å². The number of halogens is 1. The summed E-state index contributed by atoms with van der Waals surface area (Å²) >= 11 is 6.18. The number of rotatable bonds is 2. The minimum atomic E-state index is -0.0811. The number of aliphatic hydroxyl groups is 1. The zero-order chi connectivity index (χ0) is 11.7. The minimum absolute atomic E-state index is 0.0811. The van der Waals surface area contributed by atoms with Gasteiger partial charge in [0.05, 0.1) is 28.7 Å². The lowest BCUT2D eigenvalue weighted by atomic mass is 10.1. The van der Waals surface area contributed by atoms with Crippen LogP contribution in [0.25, 0.3) is 11.3 Å². The Labute approximate surface area is 98.5 Å². The molecule has 0 aliphatic rings. The molecule has 0 aromatic carbocycles. The number of aromatic nitrogens is 3. The summed E-state index contributed by atoms with van der Waals surface area (Å²) < 4.78 is 1.73. The molecule has 4 nitrogen and oxygen atoms in total. The molecule has 16 heavy (non-hydrogen) atoms. The third-order valence-corrected chi connectivity index (χ3v) is 2.85. The van der Waals surface area contributed by atoms with Crippen LogP contribution in [0.15, 0.2) is 18.3 Å². The Morgan fingerprint density at radius 3 is 2.81 bits per heavy atom. The lowest BCUT2D eigenvalue weighted by Gasteiger charge is -2.04. The van der Waals surface area contributed by atoms with Crippen LogP contribution in [0.4, 0.5) is 0 Å². The van der Waals surface area contributed by atoms with Gasteiger partial charge in [-0.25, -0.2) is 0 Å². The molecule has 1 N–H and O–H groups in total. The fourth-order valence-electron chi connectivity index (χ4n) is 1.66. The van der Waals surface area contributed by atoms with E-state index >= 15 is 0 Å². The van der Waals surface area contributed by atoms with Crippen LogP contribution in [-0.2, 0) is 13.7 Å². The van der Waals surface area contributed by atoms with Gasteiger partial charge in [0.25, 0.3) is 0 Å². The number of hydrogen-bond acceptors (Lipinski definition) is 3. The van der Waals surface area contributed by atoms with Gasteiger partial charge in [-0.3, -0.25) is 9.67 Å². The Kier molecular flexibility index (Phi) is 2.94. The van der Waals surface area contributed by atoms with Gasteiger partial charge in [0.2, 0.25) is 0 Å². The standard InChI is InChI=1S/C11H12ClN3O/c1-7-10(12)11(15(2)14-7)8-3-4-13-9(5-8)6-16/h3-5,16H,6H2,1-2H3. The molecule has 2 aromatic heterocycles. The van der Waals surface area contributed by atoms with Crippen molar-refractivity contribution in [1.82, 2.24) is 14.8 Å². The lowest BCUT2D eigenvalue weighted by molar-refractivity contribution is 0.277. The molecule has 84 valence electrons. The van der Waals surface area contributed by atoms with E-state index in [1.54, 1.807) is 10.9 Å². The maximum absolute atomic E-state index is 9.03. The molecule has 0 radical (unpaired) electrons. The Hall–Kier alpha value is -1.39. The first-order chi connectivity index (χ1) is 7.63. The highest BCUT2D eigenvalue weighted by atomic mass is 35.5. The predicted octanol–water partition coefficient (Wildman–Crippen LogP) is 1.94. The molecule has 0 unspecified atom stereocenters. The second-order valence-corrected chi connectivity index (χ2v) is 3.94. The average molecular weight is 238 g/mol. The molecule has 0 spiro atoms. The van der Waals surface area contributed by atoms with Gasteiger partial charge in [-0.05, 0) is 19.1 Å². The molecule has 2 heterocycles. The Bertz CT molecular complexity index is 522. The number of nitrogens with zero attached hydrogens (tertiary/aromatic N) is 3. The van der Waals surface area contributed by atoms with Crippen LogP contribution < -0.4 is 0 Å². The summed E-state index contributed by atoms with van der Waals surface area (Å²) in [5.41, 5.74) is 3.16. The molecule has 2 rings (SSSR count). The van der Waals surface area contributed by atoms with E-state index < -0.39 is 0 Å². The van der Waals surface area contributed by atoms with Crippen LogP contribution in [-0.4, -0.2) is 19.9 Å². The normalized spacial score (nSPS) is 10.8. The fourth-order valence-corrected chi connectivity index (χ4v) is 1.93. The molecule has 0 fully saturated rings. The van der Waals surface area contributed by atoms with Crippen LogP contribution in [0.2, 0.25) is 5.02 Å². The summed E-state index contributed by atoms with van der Waals surface area (Å²) in [4.78, 5) is 4.03. The van der Waals surface area contributed by atoms with Crippen molar-refractivity contribution in [2.75, 3.05) is 0 Å². The SMILES string of the molecule is Cc1nn(C)c(-c2ccnc(CO)c2)c1Cl. The Balaban J connectivity index is 2.58. The van der Waals surface area contributed by atoms with Gasteiger partial charge in [0.15, 0.2) is 0 Å². The molecule has 0 aliphatic carbocycles. The van der Waals surface area contributed by atoms with Gasteiger partial charge in [-0.15, -0.1) is 0 Å². The second kappa shape index (κ2) is 4.23. The third-order valence-electron chi connectivity index (χ3n) is 2.40. The topological polar surface area (TPSA) is 50.9 Å². The maximum Gasteiger partial charge on any atom is 0.0894 e. The molecular weight excluding hydrogens is 226 g/mol. The first-order valence-corrected chi connectivity index (χ1v) is 5.26. The second-order valence-electron chi connectivity index (χ2n) is 3.57. The van der Waals surface area contributed by atoms with Gasteiger partial charge in [0.1, 0.15) is 0 Å². The van der Waals surface area contributed by atoms with Gasteiger partial charge in [-0.1, -0.05) is 11.6 Å². The van der Waals surface area contributed by atoms with Crippen LogP contribution in [0.5, 0.6) is 0 Å².